The van der Waals surface area contributed by atoms with Crippen molar-refractivity contribution in [3.8, 4) is 0 Å². The average molecular weight is 530 g/mol. The maximum atomic E-state index is 14.0. The Kier molecular flexibility index (Phi) is 8.32. The molecule has 2 aliphatic rings. The second kappa shape index (κ2) is 11.5. The Morgan fingerprint density at radius 3 is 2.50 bits per heavy atom. The molecule has 38 heavy (non-hydrogen) atoms. The largest absolute Gasteiger partial charge is 0.445 e. The maximum absolute atomic E-state index is 14.0. The molecule has 0 aliphatic carbocycles. The molecule has 11 nitrogen and oxygen atoms in total. The van der Waals surface area contributed by atoms with Crippen LogP contribution in [0.25, 0.3) is 0 Å². The van der Waals surface area contributed by atoms with Crippen molar-refractivity contribution in [2.75, 3.05) is 38.5 Å². The Labute approximate surface area is 221 Å². The molecular weight excluding hydrogens is 493 g/mol. The molecule has 2 aliphatic heterocycles. The van der Waals surface area contributed by atoms with Crippen molar-refractivity contribution in [1.82, 2.24) is 24.8 Å². The molecule has 0 bridgehead atoms. The van der Waals surface area contributed by atoms with Gasteiger partial charge in [0.1, 0.15) is 12.1 Å². The summed E-state index contributed by atoms with van der Waals surface area (Å²) in [5.41, 5.74) is 6.29. The number of aliphatic hydroxyl groups is 1. The van der Waals surface area contributed by atoms with Gasteiger partial charge in [0.15, 0.2) is 11.7 Å². The van der Waals surface area contributed by atoms with Crippen LogP contribution in [0.5, 0.6) is 0 Å². The Balaban J connectivity index is 1.80. The van der Waals surface area contributed by atoms with Gasteiger partial charge in [0.05, 0.1) is 13.0 Å². The Morgan fingerprint density at radius 1 is 1.18 bits per heavy atom. The SMILES string of the molecule is CCCN1C(=O)C2N(N(CC)CCO)C(Cc3nc(F)co3)=NC2(CC)N(CCc2ccc(N)cc2)C1=O. The number of nitrogen functional groups attached to an aromatic ring is 1. The van der Waals surface area contributed by atoms with Crippen LogP contribution < -0.4 is 5.73 Å². The number of aliphatic imine (C=N–C) groups is 1. The fraction of sp³-hybridized carbons (Fsp3) is 0.538. The van der Waals surface area contributed by atoms with E-state index in [2.05, 4.69) is 4.98 Å². The van der Waals surface area contributed by atoms with Crippen molar-refractivity contribution in [2.45, 2.75) is 58.2 Å². The third kappa shape index (κ3) is 4.97. The molecule has 1 saturated heterocycles. The lowest BCUT2D eigenvalue weighted by Crippen LogP contribution is -2.74. The van der Waals surface area contributed by atoms with Gasteiger partial charge >= 0.3 is 6.03 Å². The molecule has 0 saturated carbocycles. The first-order valence-corrected chi connectivity index (χ1v) is 13.1. The highest BCUT2D eigenvalue weighted by molar-refractivity contribution is 6.05. The first kappa shape index (κ1) is 27.5. The summed E-state index contributed by atoms with van der Waals surface area (Å²) in [5, 5.41) is 13.4. The number of aliphatic hydroxyl groups excluding tert-OH is 1. The van der Waals surface area contributed by atoms with Gasteiger partial charge in [-0.25, -0.2) is 14.8 Å². The zero-order valence-corrected chi connectivity index (χ0v) is 22.1. The van der Waals surface area contributed by atoms with Crippen LogP contribution in [0.3, 0.4) is 0 Å². The van der Waals surface area contributed by atoms with Crippen LogP contribution in [0.4, 0.5) is 14.9 Å². The number of carbonyl (C=O) groups is 2. The van der Waals surface area contributed by atoms with Crippen molar-refractivity contribution >= 4 is 23.5 Å². The normalized spacial score (nSPS) is 21.5. The summed E-state index contributed by atoms with van der Waals surface area (Å²) in [7, 11) is 0. The fourth-order valence-electron chi connectivity index (χ4n) is 5.34. The minimum Gasteiger partial charge on any atom is -0.445 e. The number of likely N-dealkylation sites (N-methyl/N-ethyl adjacent to an activating group) is 1. The van der Waals surface area contributed by atoms with Crippen molar-refractivity contribution in [3.63, 3.8) is 0 Å². The van der Waals surface area contributed by atoms with Gasteiger partial charge in [0.2, 0.25) is 5.89 Å². The van der Waals surface area contributed by atoms with Gasteiger partial charge in [-0.2, -0.15) is 9.37 Å². The highest BCUT2D eigenvalue weighted by Gasteiger charge is 2.63. The van der Waals surface area contributed by atoms with E-state index in [-0.39, 0.29) is 43.9 Å². The van der Waals surface area contributed by atoms with E-state index in [0.29, 0.717) is 43.9 Å². The van der Waals surface area contributed by atoms with Crippen LogP contribution in [0.2, 0.25) is 0 Å². The number of benzene rings is 1. The number of rotatable bonds is 12. The number of anilines is 1. The van der Waals surface area contributed by atoms with Gasteiger partial charge in [-0.1, -0.05) is 32.9 Å². The van der Waals surface area contributed by atoms with Crippen molar-refractivity contribution in [3.05, 3.63) is 47.9 Å². The van der Waals surface area contributed by atoms with Gasteiger partial charge in [0.25, 0.3) is 11.9 Å². The number of amidine groups is 1. The quantitative estimate of drug-likeness (QED) is 0.400. The van der Waals surface area contributed by atoms with Gasteiger partial charge < -0.3 is 15.3 Å². The average Bonchev–Trinajstić information content (AvgIpc) is 3.47. The first-order chi connectivity index (χ1) is 18.3. The second-order valence-electron chi connectivity index (χ2n) is 9.43. The van der Waals surface area contributed by atoms with Gasteiger partial charge in [-0.05, 0) is 37.0 Å². The van der Waals surface area contributed by atoms with Crippen LogP contribution in [-0.2, 0) is 17.6 Å². The molecular formula is C26H36FN7O4. The number of carbonyl (C=O) groups excluding carboxylic acids is 2. The molecule has 3 heterocycles. The predicted octanol–water partition coefficient (Wildman–Crippen LogP) is 2.27. The number of hydrogen-bond acceptors (Lipinski definition) is 9. The lowest BCUT2D eigenvalue weighted by atomic mass is 9.91. The molecule has 2 unspecified atom stereocenters. The Bertz CT molecular complexity index is 1170. The van der Waals surface area contributed by atoms with E-state index in [9.17, 15) is 19.1 Å². The highest BCUT2D eigenvalue weighted by Crippen LogP contribution is 2.41. The minimum absolute atomic E-state index is 0.0190. The number of fused-ring (bicyclic) bond motifs is 1. The zero-order valence-electron chi connectivity index (χ0n) is 22.1. The third-order valence-electron chi connectivity index (χ3n) is 7.13. The van der Waals surface area contributed by atoms with Gasteiger partial charge in [-0.3, -0.25) is 19.6 Å². The molecule has 0 radical (unpaired) electrons. The van der Waals surface area contributed by atoms with Gasteiger partial charge in [0, 0.05) is 31.9 Å². The van der Waals surface area contributed by atoms with Crippen LogP contribution in [0, 0.1) is 5.95 Å². The summed E-state index contributed by atoms with van der Waals surface area (Å²) < 4.78 is 18.9. The molecule has 3 amide bonds. The fourth-order valence-corrected chi connectivity index (χ4v) is 5.34. The number of nitrogens with two attached hydrogens (primary N) is 1. The van der Waals surface area contributed by atoms with Crippen LogP contribution >= 0.6 is 0 Å². The topological polar surface area (TPSA) is 132 Å². The number of hydrazine groups is 1. The van der Waals surface area contributed by atoms with Crippen LogP contribution in [0.1, 0.15) is 45.1 Å². The number of amides is 3. The Hall–Kier alpha value is -3.51. The number of halogens is 1. The maximum Gasteiger partial charge on any atom is 0.328 e. The number of urea groups is 1. The summed E-state index contributed by atoms with van der Waals surface area (Å²) in [5.74, 6) is -0.572. The lowest BCUT2D eigenvalue weighted by Gasteiger charge is -2.51. The number of imide groups is 1. The first-order valence-electron chi connectivity index (χ1n) is 13.1. The Morgan fingerprint density at radius 2 is 1.92 bits per heavy atom. The van der Waals surface area contributed by atoms with E-state index >= 15 is 0 Å². The molecule has 1 aromatic carbocycles. The standard InChI is InChI=1S/C26H36FN7O4/c1-4-12-32-24(36)23-26(5-2,33(25(32)37)13-11-18-7-9-19(28)10-8-18)30-21(16-22-29-20(27)17-38-22)34(23)31(6-3)14-15-35/h7-10,17,23,35H,4-6,11-16,28H2,1-3H3. The summed E-state index contributed by atoms with van der Waals surface area (Å²) in [6, 6.07) is 6.22. The number of nitrogens with zero attached hydrogens (tertiary/aromatic N) is 6. The van der Waals surface area contributed by atoms with E-state index < -0.39 is 17.7 Å². The zero-order chi connectivity index (χ0) is 27.4. The predicted molar refractivity (Wildman–Crippen MR) is 139 cm³/mol. The van der Waals surface area contributed by atoms with Gasteiger partial charge in [-0.15, -0.1) is 0 Å². The lowest BCUT2D eigenvalue weighted by molar-refractivity contribution is -0.151. The van der Waals surface area contributed by atoms with E-state index in [0.717, 1.165) is 11.8 Å². The molecule has 2 aromatic rings. The molecule has 2 atom stereocenters. The monoisotopic (exact) mass is 529 g/mol. The second-order valence-corrected chi connectivity index (χ2v) is 9.43. The molecule has 3 N–H and O–H groups in total. The number of aromatic nitrogens is 1. The van der Waals surface area contributed by atoms with E-state index in [1.807, 2.05) is 50.0 Å². The molecule has 0 spiro atoms. The molecule has 12 heteroatoms. The molecule has 1 fully saturated rings. The van der Waals surface area contributed by atoms with Crippen LogP contribution in [0.15, 0.2) is 39.9 Å². The third-order valence-corrected chi connectivity index (χ3v) is 7.13. The summed E-state index contributed by atoms with van der Waals surface area (Å²) in [6.45, 7) is 6.88. The highest BCUT2D eigenvalue weighted by atomic mass is 19.1. The molecule has 206 valence electrons. The van der Waals surface area contributed by atoms with Crippen molar-refractivity contribution in [2.24, 2.45) is 4.99 Å². The summed E-state index contributed by atoms with van der Waals surface area (Å²) in [4.78, 5) is 39.7. The number of oxazole rings is 1. The summed E-state index contributed by atoms with van der Waals surface area (Å²) >= 11 is 0. The van der Waals surface area contributed by atoms with Crippen molar-refractivity contribution < 1.29 is 23.5 Å². The van der Waals surface area contributed by atoms with E-state index in [4.69, 9.17) is 15.1 Å². The number of hydrogen-bond donors (Lipinski definition) is 2. The summed E-state index contributed by atoms with van der Waals surface area (Å²) in [6.07, 6.45) is 2.45. The van der Waals surface area contributed by atoms with Crippen LogP contribution in [-0.4, -0.2) is 92.2 Å². The molecule has 1 aromatic heterocycles. The molecule has 4 rings (SSSR count). The van der Waals surface area contributed by atoms with Crippen molar-refractivity contribution in [1.29, 1.82) is 0 Å². The smallest absolute Gasteiger partial charge is 0.328 e. The van der Waals surface area contributed by atoms with E-state index in [1.165, 1.54) is 4.90 Å². The van der Waals surface area contributed by atoms with E-state index in [1.54, 1.807) is 9.91 Å². The minimum atomic E-state index is -1.20.